The molecular weight excluding hydrogens is 299 g/mol. The van der Waals surface area contributed by atoms with Gasteiger partial charge in [0.1, 0.15) is 5.82 Å². The van der Waals surface area contributed by atoms with Crippen molar-refractivity contribution in [2.75, 3.05) is 0 Å². The largest absolute Gasteiger partial charge is 0.419 e. The van der Waals surface area contributed by atoms with Crippen LogP contribution in [0.1, 0.15) is 5.56 Å². The van der Waals surface area contributed by atoms with Gasteiger partial charge >= 0.3 is 5.76 Å². The molecule has 2 aromatic heterocycles. The van der Waals surface area contributed by atoms with Crippen LogP contribution < -0.4 is 11.5 Å². The molecule has 1 aromatic carbocycles. The molecule has 1 unspecified atom stereocenters. The average Bonchev–Trinajstić information content (AvgIpc) is 2.83. The Hall–Kier alpha value is -2.98. The summed E-state index contributed by atoms with van der Waals surface area (Å²) in [6, 6.07) is 7.43. The Bertz CT molecular complexity index is 984. The molecule has 0 radical (unpaired) electrons. The standard InChI is InChI=1S/C16H13FN4O2/c1-21-14-5-9(2-3-15(14)23-16(21)22)13-6-12(17)10(8-20-13)4-11(19)7-18/h2-3,5-6,8,11H,4,19H2,1H3. The minimum atomic E-state index is -0.769. The van der Waals surface area contributed by atoms with E-state index in [1.807, 2.05) is 6.07 Å². The van der Waals surface area contributed by atoms with Crippen LogP contribution in [0.2, 0.25) is 0 Å². The number of benzene rings is 1. The Kier molecular flexibility index (Phi) is 3.68. The first kappa shape index (κ1) is 14.9. The second kappa shape index (κ2) is 5.66. The highest BCUT2D eigenvalue weighted by Gasteiger charge is 2.12. The molecule has 2 heterocycles. The minimum Gasteiger partial charge on any atom is -0.408 e. The maximum Gasteiger partial charge on any atom is 0.419 e. The van der Waals surface area contributed by atoms with Crippen LogP contribution >= 0.6 is 0 Å². The SMILES string of the molecule is Cn1c(=O)oc2ccc(-c3cc(F)c(CC(N)C#N)cn3)cc21. The second-order valence-electron chi connectivity index (χ2n) is 5.21. The summed E-state index contributed by atoms with van der Waals surface area (Å²) in [4.78, 5) is 15.7. The number of nitriles is 1. The van der Waals surface area contributed by atoms with Crippen molar-refractivity contribution >= 4 is 11.1 Å². The minimum absolute atomic E-state index is 0.102. The van der Waals surface area contributed by atoms with Crippen LogP contribution in [0.3, 0.4) is 0 Å². The third-order valence-corrected chi connectivity index (χ3v) is 3.62. The Morgan fingerprint density at radius 2 is 2.26 bits per heavy atom. The maximum atomic E-state index is 14.2. The predicted molar refractivity (Wildman–Crippen MR) is 81.9 cm³/mol. The van der Waals surface area contributed by atoms with Gasteiger partial charge in [0.2, 0.25) is 0 Å². The highest BCUT2D eigenvalue weighted by Crippen LogP contribution is 2.24. The van der Waals surface area contributed by atoms with Crippen LogP contribution in [0.4, 0.5) is 4.39 Å². The smallest absolute Gasteiger partial charge is 0.408 e. The molecule has 0 bridgehead atoms. The molecule has 0 saturated heterocycles. The molecule has 116 valence electrons. The number of fused-ring (bicyclic) bond motifs is 1. The fourth-order valence-electron chi connectivity index (χ4n) is 2.34. The lowest BCUT2D eigenvalue weighted by atomic mass is 10.1. The van der Waals surface area contributed by atoms with E-state index in [0.717, 1.165) is 0 Å². The van der Waals surface area contributed by atoms with Crippen molar-refractivity contribution in [2.45, 2.75) is 12.5 Å². The van der Waals surface area contributed by atoms with E-state index < -0.39 is 17.6 Å². The molecule has 6 nitrogen and oxygen atoms in total. The highest BCUT2D eigenvalue weighted by molar-refractivity contribution is 5.79. The summed E-state index contributed by atoms with van der Waals surface area (Å²) in [5.74, 6) is -0.931. The first-order valence-corrected chi connectivity index (χ1v) is 6.89. The van der Waals surface area contributed by atoms with Gasteiger partial charge in [-0.1, -0.05) is 0 Å². The Labute approximate surface area is 130 Å². The fraction of sp³-hybridized carbons (Fsp3) is 0.188. The molecule has 0 fully saturated rings. The Morgan fingerprint density at radius 1 is 1.48 bits per heavy atom. The number of nitrogens with two attached hydrogens (primary N) is 1. The summed E-state index contributed by atoms with van der Waals surface area (Å²) >= 11 is 0. The van der Waals surface area contributed by atoms with Crippen molar-refractivity contribution in [3.05, 3.63) is 52.4 Å². The molecule has 0 aliphatic rings. The first-order chi connectivity index (χ1) is 11.0. The third kappa shape index (κ3) is 2.72. The quantitative estimate of drug-likeness (QED) is 0.794. The maximum absolute atomic E-state index is 14.2. The molecule has 3 rings (SSSR count). The van der Waals surface area contributed by atoms with Crippen LogP contribution in [0, 0.1) is 17.1 Å². The number of aromatic nitrogens is 2. The normalized spacial score (nSPS) is 12.3. The molecule has 3 aromatic rings. The molecule has 2 N–H and O–H groups in total. The molecular formula is C16H13FN4O2. The molecule has 0 aliphatic carbocycles. The van der Waals surface area contributed by atoms with Crippen LogP contribution in [0.5, 0.6) is 0 Å². The zero-order valence-electron chi connectivity index (χ0n) is 12.3. The summed E-state index contributed by atoms with van der Waals surface area (Å²) in [6.07, 6.45) is 1.48. The van der Waals surface area contributed by atoms with Crippen molar-refractivity contribution in [1.29, 1.82) is 5.26 Å². The van der Waals surface area contributed by atoms with Gasteiger partial charge in [0, 0.05) is 36.9 Å². The van der Waals surface area contributed by atoms with Gasteiger partial charge in [-0.25, -0.2) is 9.18 Å². The summed E-state index contributed by atoms with van der Waals surface area (Å²) in [7, 11) is 1.60. The van der Waals surface area contributed by atoms with Gasteiger partial charge in [0.05, 0.1) is 23.3 Å². The number of nitrogens with zero attached hydrogens (tertiary/aromatic N) is 3. The predicted octanol–water partition coefficient (Wildman–Crippen LogP) is 1.73. The lowest BCUT2D eigenvalue weighted by Crippen LogP contribution is -2.20. The van der Waals surface area contributed by atoms with E-state index in [2.05, 4.69) is 4.98 Å². The van der Waals surface area contributed by atoms with Crippen molar-refractivity contribution in [3.63, 3.8) is 0 Å². The lowest BCUT2D eigenvalue weighted by molar-refractivity contribution is 0.528. The van der Waals surface area contributed by atoms with Gasteiger partial charge in [0.25, 0.3) is 0 Å². The van der Waals surface area contributed by atoms with Gasteiger partial charge in [-0.15, -0.1) is 0 Å². The van der Waals surface area contributed by atoms with Crippen molar-refractivity contribution < 1.29 is 8.81 Å². The summed E-state index contributed by atoms with van der Waals surface area (Å²) in [6.45, 7) is 0. The summed E-state index contributed by atoms with van der Waals surface area (Å²) < 4.78 is 20.6. The number of oxazole rings is 1. The van der Waals surface area contributed by atoms with Gasteiger partial charge < -0.3 is 10.2 Å². The van der Waals surface area contributed by atoms with E-state index in [-0.39, 0.29) is 6.42 Å². The molecule has 23 heavy (non-hydrogen) atoms. The van der Waals surface area contributed by atoms with Gasteiger partial charge in [-0.3, -0.25) is 9.55 Å². The number of halogens is 1. The number of pyridine rings is 1. The van der Waals surface area contributed by atoms with E-state index in [4.69, 9.17) is 15.4 Å². The van der Waals surface area contributed by atoms with Crippen molar-refractivity contribution in [1.82, 2.24) is 9.55 Å². The zero-order chi connectivity index (χ0) is 16.6. The van der Waals surface area contributed by atoms with Gasteiger partial charge in [-0.05, 0) is 18.2 Å². The van der Waals surface area contributed by atoms with Gasteiger partial charge in [-0.2, -0.15) is 5.26 Å². The number of rotatable bonds is 3. The van der Waals surface area contributed by atoms with Crippen LogP contribution in [0.15, 0.2) is 39.7 Å². The summed E-state index contributed by atoms with van der Waals surface area (Å²) in [5.41, 5.74) is 7.94. The molecule has 0 spiro atoms. The van der Waals surface area contributed by atoms with E-state index in [1.54, 1.807) is 25.2 Å². The molecule has 0 saturated carbocycles. The van der Waals surface area contributed by atoms with Gasteiger partial charge in [0.15, 0.2) is 5.58 Å². The Morgan fingerprint density at radius 3 is 2.96 bits per heavy atom. The number of hydrogen-bond donors (Lipinski definition) is 1. The molecule has 0 amide bonds. The number of aryl methyl sites for hydroxylation is 1. The highest BCUT2D eigenvalue weighted by atomic mass is 19.1. The molecule has 0 aliphatic heterocycles. The second-order valence-corrected chi connectivity index (χ2v) is 5.21. The van der Waals surface area contributed by atoms with E-state index in [0.29, 0.717) is 27.9 Å². The van der Waals surface area contributed by atoms with Crippen LogP contribution in [-0.2, 0) is 13.5 Å². The number of hydrogen-bond acceptors (Lipinski definition) is 5. The van der Waals surface area contributed by atoms with E-state index >= 15 is 0 Å². The van der Waals surface area contributed by atoms with E-state index in [1.165, 1.54) is 16.8 Å². The average molecular weight is 312 g/mol. The summed E-state index contributed by atoms with van der Waals surface area (Å²) in [5, 5.41) is 8.69. The van der Waals surface area contributed by atoms with Crippen LogP contribution in [0.25, 0.3) is 22.4 Å². The Balaban J connectivity index is 2.02. The zero-order valence-corrected chi connectivity index (χ0v) is 12.3. The first-order valence-electron chi connectivity index (χ1n) is 6.89. The lowest BCUT2D eigenvalue weighted by Gasteiger charge is -2.07. The van der Waals surface area contributed by atoms with E-state index in [9.17, 15) is 9.18 Å². The fourth-order valence-corrected chi connectivity index (χ4v) is 2.34. The molecule has 7 heteroatoms. The monoisotopic (exact) mass is 312 g/mol. The van der Waals surface area contributed by atoms with Crippen LogP contribution in [-0.4, -0.2) is 15.6 Å². The topological polar surface area (TPSA) is 97.8 Å². The molecule has 1 atom stereocenters. The van der Waals surface area contributed by atoms with Crippen molar-refractivity contribution in [3.8, 4) is 17.3 Å². The van der Waals surface area contributed by atoms with Crippen molar-refractivity contribution in [2.24, 2.45) is 12.8 Å². The third-order valence-electron chi connectivity index (χ3n) is 3.62.